The zero-order valence-electron chi connectivity index (χ0n) is 17.4. The van der Waals surface area contributed by atoms with Crippen molar-refractivity contribution in [3.05, 3.63) is 59.7 Å². The van der Waals surface area contributed by atoms with Crippen molar-refractivity contribution in [2.45, 2.75) is 32.9 Å². The number of carbonyl (C=O) groups is 1. The van der Waals surface area contributed by atoms with Gasteiger partial charge in [0.05, 0.1) is 11.3 Å². The first-order chi connectivity index (χ1) is 13.3. The number of ether oxygens (including phenoxy) is 1. The van der Waals surface area contributed by atoms with Gasteiger partial charge in [0.25, 0.3) is 0 Å². The third kappa shape index (κ3) is 5.49. The van der Waals surface area contributed by atoms with E-state index in [-0.39, 0.29) is 5.97 Å². The summed E-state index contributed by atoms with van der Waals surface area (Å²) in [6.07, 6.45) is 0. The molecule has 2 aromatic carbocycles. The molecule has 1 fully saturated rings. The third-order valence-corrected chi connectivity index (χ3v) is 4.82. The monoisotopic (exact) mass is 381 g/mol. The Hall–Kier alpha value is -2.53. The van der Waals surface area contributed by atoms with Gasteiger partial charge >= 0.3 is 5.97 Å². The number of anilines is 2. The second-order valence-electron chi connectivity index (χ2n) is 8.36. The van der Waals surface area contributed by atoms with Crippen LogP contribution in [-0.2, 0) is 11.3 Å². The number of carbonyl (C=O) groups excluding carboxylic acids is 1. The van der Waals surface area contributed by atoms with E-state index in [4.69, 9.17) is 4.74 Å². The van der Waals surface area contributed by atoms with Crippen molar-refractivity contribution in [3.8, 4) is 0 Å². The molecule has 0 bridgehead atoms. The molecule has 0 atom stereocenters. The molecule has 5 nitrogen and oxygen atoms in total. The van der Waals surface area contributed by atoms with E-state index in [0.29, 0.717) is 12.1 Å². The van der Waals surface area contributed by atoms with E-state index in [1.165, 1.54) is 5.56 Å². The molecule has 2 aromatic rings. The first kappa shape index (κ1) is 20.2. The smallest absolute Gasteiger partial charge is 0.340 e. The highest BCUT2D eigenvalue weighted by molar-refractivity contribution is 5.96. The van der Waals surface area contributed by atoms with E-state index in [1.54, 1.807) is 0 Å². The van der Waals surface area contributed by atoms with Gasteiger partial charge in [0, 0.05) is 38.4 Å². The Labute approximate surface area is 168 Å². The van der Waals surface area contributed by atoms with Gasteiger partial charge in [0.1, 0.15) is 5.60 Å². The minimum absolute atomic E-state index is 0.298. The van der Waals surface area contributed by atoms with Crippen molar-refractivity contribution in [3.63, 3.8) is 0 Å². The van der Waals surface area contributed by atoms with Crippen molar-refractivity contribution in [1.82, 2.24) is 4.90 Å². The SMILES string of the molecule is CN1CCN(c2ccc(C(=O)OC(C)(C)C)c(NCc3ccccc3)c2)CC1. The first-order valence-corrected chi connectivity index (χ1v) is 9.90. The molecular weight excluding hydrogens is 350 g/mol. The van der Waals surface area contributed by atoms with Crippen LogP contribution in [0.2, 0.25) is 0 Å². The summed E-state index contributed by atoms with van der Waals surface area (Å²) in [4.78, 5) is 17.4. The topological polar surface area (TPSA) is 44.8 Å². The molecule has 1 N–H and O–H groups in total. The molecule has 150 valence electrons. The fourth-order valence-corrected chi connectivity index (χ4v) is 3.24. The van der Waals surface area contributed by atoms with Crippen LogP contribution in [0.15, 0.2) is 48.5 Å². The number of nitrogens with zero attached hydrogens (tertiary/aromatic N) is 2. The van der Waals surface area contributed by atoms with Crippen LogP contribution in [0, 0.1) is 0 Å². The number of likely N-dealkylation sites (N-methyl/N-ethyl adjacent to an activating group) is 1. The zero-order valence-corrected chi connectivity index (χ0v) is 17.4. The van der Waals surface area contributed by atoms with Gasteiger partial charge in [-0.25, -0.2) is 4.79 Å². The van der Waals surface area contributed by atoms with Gasteiger partial charge in [-0.1, -0.05) is 30.3 Å². The van der Waals surface area contributed by atoms with Crippen LogP contribution in [0.3, 0.4) is 0 Å². The molecule has 0 spiro atoms. The van der Waals surface area contributed by atoms with E-state index in [1.807, 2.05) is 51.1 Å². The molecule has 0 unspecified atom stereocenters. The first-order valence-electron chi connectivity index (χ1n) is 9.90. The normalized spacial score (nSPS) is 15.4. The number of rotatable bonds is 5. The number of benzene rings is 2. The summed E-state index contributed by atoms with van der Waals surface area (Å²) in [6.45, 7) is 10.4. The number of hydrogen-bond donors (Lipinski definition) is 1. The lowest BCUT2D eigenvalue weighted by molar-refractivity contribution is 0.00707. The van der Waals surface area contributed by atoms with Gasteiger partial charge in [-0.15, -0.1) is 0 Å². The van der Waals surface area contributed by atoms with E-state index in [9.17, 15) is 4.79 Å². The maximum Gasteiger partial charge on any atom is 0.340 e. The molecular formula is C23H31N3O2. The Morgan fingerprint density at radius 1 is 1.04 bits per heavy atom. The molecule has 0 saturated carbocycles. The third-order valence-electron chi connectivity index (χ3n) is 4.82. The molecule has 28 heavy (non-hydrogen) atoms. The van der Waals surface area contributed by atoms with E-state index in [2.05, 4.69) is 40.4 Å². The Balaban J connectivity index is 1.84. The van der Waals surface area contributed by atoms with Crippen LogP contribution < -0.4 is 10.2 Å². The summed E-state index contributed by atoms with van der Waals surface area (Å²) in [7, 11) is 2.15. The minimum Gasteiger partial charge on any atom is -0.456 e. The predicted molar refractivity (Wildman–Crippen MR) is 115 cm³/mol. The van der Waals surface area contributed by atoms with Crippen LogP contribution >= 0.6 is 0 Å². The second kappa shape index (κ2) is 8.65. The zero-order chi connectivity index (χ0) is 20.1. The minimum atomic E-state index is -0.524. The maximum atomic E-state index is 12.7. The van der Waals surface area contributed by atoms with E-state index >= 15 is 0 Å². The van der Waals surface area contributed by atoms with E-state index < -0.39 is 5.60 Å². The van der Waals surface area contributed by atoms with E-state index in [0.717, 1.165) is 37.6 Å². The highest BCUT2D eigenvalue weighted by Gasteiger charge is 2.22. The number of nitrogens with one attached hydrogen (secondary N) is 1. The lowest BCUT2D eigenvalue weighted by atomic mass is 10.1. The van der Waals surface area contributed by atoms with Crippen LogP contribution in [0.1, 0.15) is 36.7 Å². The quantitative estimate of drug-likeness (QED) is 0.793. The van der Waals surface area contributed by atoms with Gasteiger partial charge in [-0.05, 0) is 51.6 Å². The maximum absolute atomic E-state index is 12.7. The fraction of sp³-hybridized carbons (Fsp3) is 0.435. The lowest BCUT2D eigenvalue weighted by Crippen LogP contribution is -2.44. The molecule has 3 rings (SSSR count). The average molecular weight is 382 g/mol. The van der Waals surface area contributed by atoms with Crippen LogP contribution in [0.25, 0.3) is 0 Å². The average Bonchev–Trinajstić information content (AvgIpc) is 2.66. The van der Waals surface area contributed by atoms with Crippen molar-refractivity contribution in [2.24, 2.45) is 0 Å². The molecule has 1 aliphatic rings. The number of piperazine rings is 1. The lowest BCUT2D eigenvalue weighted by Gasteiger charge is -2.34. The molecule has 1 saturated heterocycles. The largest absolute Gasteiger partial charge is 0.456 e. The summed E-state index contributed by atoms with van der Waals surface area (Å²) < 4.78 is 5.62. The van der Waals surface area contributed by atoms with Crippen molar-refractivity contribution >= 4 is 17.3 Å². The molecule has 1 aliphatic heterocycles. The van der Waals surface area contributed by atoms with Gasteiger partial charge in [-0.3, -0.25) is 0 Å². The predicted octanol–water partition coefficient (Wildman–Crippen LogP) is 4.01. The summed E-state index contributed by atoms with van der Waals surface area (Å²) >= 11 is 0. The summed E-state index contributed by atoms with van der Waals surface area (Å²) in [5.41, 5.74) is 3.17. The van der Waals surface area contributed by atoms with Gasteiger partial charge < -0.3 is 19.9 Å². The molecule has 0 radical (unpaired) electrons. The molecule has 1 heterocycles. The van der Waals surface area contributed by atoms with Crippen LogP contribution in [0.4, 0.5) is 11.4 Å². The van der Waals surface area contributed by atoms with Crippen molar-refractivity contribution in [1.29, 1.82) is 0 Å². The van der Waals surface area contributed by atoms with Crippen molar-refractivity contribution < 1.29 is 9.53 Å². The van der Waals surface area contributed by atoms with Gasteiger partial charge in [0.2, 0.25) is 0 Å². The number of hydrogen-bond acceptors (Lipinski definition) is 5. The van der Waals surface area contributed by atoms with Gasteiger partial charge in [0.15, 0.2) is 0 Å². The molecule has 0 aromatic heterocycles. The number of esters is 1. The molecule has 5 heteroatoms. The van der Waals surface area contributed by atoms with Crippen molar-refractivity contribution in [2.75, 3.05) is 43.4 Å². The second-order valence-corrected chi connectivity index (χ2v) is 8.36. The summed E-state index contributed by atoms with van der Waals surface area (Å²) in [5.74, 6) is -0.298. The fourth-order valence-electron chi connectivity index (χ4n) is 3.24. The summed E-state index contributed by atoms with van der Waals surface area (Å²) in [6, 6.07) is 16.2. The Morgan fingerprint density at radius 2 is 1.71 bits per heavy atom. The standard InChI is InChI=1S/C23H31N3O2/c1-23(2,3)28-22(27)20-11-10-19(26-14-12-25(4)13-15-26)16-21(20)24-17-18-8-6-5-7-9-18/h5-11,16,24H,12-15,17H2,1-4H3. The Bertz CT molecular complexity index is 791. The highest BCUT2D eigenvalue weighted by atomic mass is 16.6. The van der Waals surface area contributed by atoms with Gasteiger partial charge in [-0.2, -0.15) is 0 Å². The Morgan fingerprint density at radius 3 is 2.36 bits per heavy atom. The Kier molecular flexibility index (Phi) is 6.25. The van der Waals surface area contributed by atoms with Crippen LogP contribution in [0.5, 0.6) is 0 Å². The molecule has 0 amide bonds. The molecule has 0 aliphatic carbocycles. The highest BCUT2D eigenvalue weighted by Crippen LogP contribution is 2.27. The summed E-state index contributed by atoms with van der Waals surface area (Å²) in [5, 5.41) is 3.45. The van der Waals surface area contributed by atoms with Crippen LogP contribution in [-0.4, -0.2) is 49.7 Å².